The lowest BCUT2D eigenvalue weighted by Gasteiger charge is -2.12. The lowest BCUT2D eigenvalue weighted by Crippen LogP contribution is -2.13. The fourth-order valence-electron chi connectivity index (χ4n) is 1.95. The number of rotatable bonds is 5. The lowest BCUT2D eigenvalue weighted by atomic mass is 10.1. The average molecular weight is 370 g/mol. The van der Waals surface area contributed by atoms with Crippen molar-refractivity contribution < 1.29 is 13.2 Å². The van der Waals surface area contributed by atoms with E-state index in [1.54, 1.807) is 37.4 Å². The minimum absolute atomic E-state index is 0.218. The molecule has 2 rings (SSSR count). The van der Waals surface area contributed by atoms with E-state index in [-0.39, 0.29) is 4.90 Å². The average Bonchev–Trinajstić information content (AvgIpc) is 2.48. The van der Waals surface area contributed by atoms with Crippen LogP contribution in [-0.4, -0.2) is 15.5 Å². The SMILES string of the molecule is CCc1cc(S(=O)(=O)Nc2ccccc2Br)ccc1OC. The van der Waals surface area contributed by atoms with Crippen molar-refractivity contribution in [2.45, 2.75) is 18.2 Å². The van der Waals surface area contributed by atoms with Crippen molar-refractivity contribution in [2.24, 2.45) is 0 Å². The summed E-state index contributed by atoms with van der Waals surface area (Å²) in [7, 11) is -2.06. The highest BCUT2D eigenvalue weighted by molar-refractivity contribution is 9.10. The molecule has 0 unspecified atom stereocenters. The van der Waals surface area contributed by atoms with Gasteiger partial charge in [-0.1, -0.05) is 19.1 Å². The van der Waals surface area contributed by atoms with Gasteiger partial charge in [-0.3, -0.25) is 4.72 Å². The van der Waals surface area contributed by atoms with Crippen LogP contribution in [0.3, 0.4) is 0 Å². The molecule has 0 heterocycles. The number of aryl methyl sites for hydroxylation is 1. The standard InChI is InChI=1S/C15H16BrNO3S/c1-3-11-10-12(8-9-15(11)20-2)21(18,19)17-14-7-5-4-6-13(14)16/h4-10,17H,3H2,1-2H3. The molecule has 0 aliphatic heterocycles. The quantitative estimate of drug-likeness (QED) is 0.871. The zero-order valence-corrected chi connectivity index (χ0v) is 14.2. The second-order valence-electron chi connectivity index (χ2n) is 4.41. The molecule has 0 bridgehead atoms. The Morgan fingerprint density at radius 1 is 1.19 bits per heavy atom. The Labute approximate surface area is 133 Å². The number of hydrogen-bond donors (Lipinski definition) is 1. The van der Waals surface area contributed by atoms with Gasteiger partial charge in [0.05, 0.1) is 17.7 Å². The first-order valence-electron chi connectivity index (χ1n) is 6.42. The monoisotopic (exact) mass is 369 g/mol. The molecule has 112 valence electrons. The van der Waals surface area contributed by atoms with E-state index in [9.17, 15) is 8.42 Å². The van der Waals surface area contributed by atoms with Gasteiger partial charge in [0.25, 0.3) is 10.0 Å². The molecule has 6 heteroatoms. The van der Waals surface area contributed by atoms with Crippen molar-refractivity contribution in [3.63, 3.8) is 0 Å². The molecule has 0 radical (unpaired) electrons. The molecule has 0 fully saturated rings. The predicted molar refractivity (Wildman–Crippen MR) is 87.3 cm³/mol. The van der Waals surface area contributed by atoms with E-state index in [1.807, 2.05) is 13.0 Å². The number of methoxy groups -OCH3 is 1. The molecule has 0 aromatic heterocycles. The van der Waals surface area contributed by atoms with Gasteiger partial charge < -0.3 is 4.74 Å². The molecule has 0 aliphatic rings. The van der Waals surface area contributed by atoms with Crippen LogP contribution in [0.15, 0.2) is 51.8 Å². The molecule has 0 saturated heterocycles. The third-order valence-electron chi connectivity index (χ3n) is 3.06. The second kappa shape index (κ2) is 6.49. The smallest absolute Gasteiger partial charge is 0.261 e. The minimum atomic E-state index is -3.63. The van der Waals surface area contributed by atoms with Crippen LogP contribution in [0.2, 0.25) is 0 Å². The highest BCUT2D eigenvalue weighted by Crippen LogP contribution is 2.27. The van der Waals surface area contributed by atoms with Crippen LogP contribution in [-0.2, 0) is 16.4 Å². The fraction of sp³-hybridized carbons (Fsp3) is 0.200. The number of sulfonamides is 1. The molecule has 2 aromatic carbocycles. The van der Waals surface area contributed by atoms with Gasteiger partial charge in [0.2, 0.25) is 0 Å². The van der Waals surface area contributed by atoms with Gasteiger partial charge in [-0.25, -0.2) is 8.42 Å². The Kier molecular flexibility index (Phi) is 4.90. The first kappa shape index (κ1) is 15.9. The maximum absolute atomic E-state index is 12.4. The maximum Gasteiger partial charge on any atom is 0.261 e. The third kappa shape index (κ3) is 3.57. The van der Waals surface area contributed by atoms with Crippen LogP contribution in [0, 0.1) is 0 Å². The van der Waals surface area contributed by atoms with Gasteiger partial charge in [0.15, 0.2) is 0 Å². The van der Waals surface area contributed by atoms with Gasteiger partial charge in [-0.2, -0.15) is 0 Å². The van der Waals surface area contributed by atoms with E-state index in [4.69, 9.17) is 4.74 Å². The Bertz CT molecular complexity index is 744. The van der Waals surface area contributed by atoms with Crippen LogP contribution in [0.1, 0.15) is 12.5 Å². The zero-order valence-electron chi connectivity index (χ0n) is 11.8. The molecular weight excluding hydrogens is 354 g/mol. The topological polar surface area (TPSA) is 55.4 Å². The van der Waals surface area contributed by atoms with Gasteiger partial charge >= 0.3 is 0 Å². The van der Waals surface area contributed by atoms with Crippen LogP contribution in [0.4, 0.5) is 5.69 Å². The Morgan fingerprint density at radius 2 is 1.90 bits per heavy atom. The summed E-state index contributed by atoms with van der Waals surface area (Å²) in [6.07, 6.45) is 0.696. The van der Waals surface area contributed by atoms with E-state index >= 15 is 0 Å². The summed E-state index contributed by atoms with van der Waals surface area (Å²) in [5, 5.41) is 0. The summed E-state index contributed by atoms with van der Waals surface area (Å²) < 4.78 is 33.4. The Morgan fingerprint density at radius 3 is 2.52 bits per heavy atom. The molecule has 0 saturated carbocycles. The van der Waals surface area contributed by atoms with E-state index < -0.39 is 10.0 Å². The summed E-state index contributed by atoms with van der Waals surface area (Å²) in [6.45, 7) is 1.95. The largest absolute Gasteiger partial charge is 0.496 e. The molecule has 0 atom stereocenters. The molecule has 1 N–H and O–H groups in total. The number of benzene rings is 2. The van der Waals surface area contributed by atoms with Crippen LogP contribution in [0.5, 0.6) is 5.75 Å². The Balaban J connectivity index is 2.38. The van der Waals surface area contributed by atoms with E-state index in [0.29, 0.717) is 22.3 Å². The van der Waals surface area contributed by atoms with E-state index in [2.05, 4.69) is 20.7 Å². The first-order valence-corrected chi connectivity index (χ1v) is 8.70. The second-order valence-corrected chi connectivity index (χ2v) is 6.95. The van der Waals surface area contributed by atoms with Crippen molar-refractivity contribution >= 4 is 31.6 Å². The van der Waals surface area contributed by atoms with Crippen molar-refractivity contribution in [3.8, 4) is 5.75 Å². The zero-order chi connectivity index (χ0) is 15.5. The fourth-order valence-corrected chi connectivity index (χ4v) is 3.59. The summed E-state index contributed by atoms with van der Waals surface area (Å²) in [5.74, 6) is 0.692. The van der Waals surface area contributed by atoms with Crippen LogP contribution >= 0.6 is 15.9 Å². The highest BCUT2D eigenvalue weighted by atomic mass is 79.9. The molecule has 0 spiro atoms. The number of ether oxygens (including phenoxy) is 1. The molecule has 2 aromatic rings. The van der Waals surface area contributed by atoms with Gasteiger partial charge in [-0.05, 0) is 58.2 Å². The third-order valence-corrected chi connectivity index (χ3v) is 5.12. The molecule has 4 nitrogen and oxygen atoms in total. The summed E-state index contributed by atoms with van der Waals surface area (Å²) in [6, 6.07) is 11.9. The van der Waals surface area contributed by atoms with Gasteiger partial charge in [0, 0.05) is 4.47 Å². The minimum Gasteiger partial charge on any atom is -0.496 e. The molecule has 21 heavy (non-hydrogen) atoms. The van der Waals surface area contributed by atoms with Crippen molar-refractivity contribution in [3.05, 3.63) is 52.5 Å². The van der Waals surface area contributed by atoms with Crippen molar-refractivity contribution in [2.75, 3.05) is 11.8 Å². The van der Waals surface area contributed by atoms with Crippen molar-refractivity contribution in [1.82, 2.24) is 0 Å². The van der Waals surface area contributed by atoms with Crippen LogP contribution < -0.4 is 9.46 Å². The van der Waals surface area contributed by atoms with E-state index in [0.717, 1.165) is 5.56 Å². The lowest BCUT2D eigenvalue weighted by molar-refractivity contribution is 0.409. The molecule has 0 aliphatic carbocycles. The maximum atomic E-state index is 12.4. The predicted octanol–water partition coefficient (Wildman–Crippen LogP) is 3.82. The van der Waals surface area contributed by atoms with Crippen LogP contribution in [0.25, 0.3) is 0 Å². The number of hydrogen-bond acceptors (Lipinski definition) is 3. The van der Waals surface area contributed by atoms with Crippen molar-refractivity contribution in [1.29, 1.82) is 0 Å². The first-order chi connectivity index (χ1) is 9.97. The Hall–Kier alpha value is -1.53. The highest BCUT2D eigenvalue weighted by Gasteiger charge is 2.17. The normalized spacial score (nSPS) is 11.2. The summed E-state index contributed by atoms with van der Waals surface area (Å²) >= 11 is 3.33. The molecule has 0 amide bonds. The number of nitrogens with one attached hydrogen (secondary N) is 1. The number of para-hydroxylation sites is 1. The summed E-state index contributed by atoms with van der Waals surface area (Å²) in [5.41, 5.74) is 1.36. The van der Waals surface area contributed by atoms with E-state index in [1.165, 1.54) is 6.07 Å². The molecular formula is C15H16BrNO3S. The summed E-state index contributed by atoms with van der Waals surface area (Å²) in [4.78, 5) is 0.218. The van der Waals surface area contributed by atoms with Gasteiger partial charge in [-0.15, -0.1) is 0 Å². The number of anilines is 1. The van der Waals surface area contributed by atoms with Gasteiger partial charge in [0.1, 0.15) is 5.75 Å². The number of halogens is 1.